The third kappa shape index (κ3) is 3.28. The molecule has 1 aliphatic rings. The smallest absolute Gasteiger partial charge is 0.243 e. The number of hydrogen-bond acceptors (Lipinski definition) is 5. The van der Waals surface area contributed by atoms with Gasteiger partial charge < -0.3 is 4.52 Å². The number of aromatic nitrogens is 2. The first-order chi connectivity index (χ1) is 11.0. The molecule has 0 amide bonds. The van der Waals surface area contributed by atoms with E-state index in [0.29, 0.717) is 31.2 Å². The van der Waals surface area contributed by atoms with Gasteiger partial charge in [0.2, 0.25) is 15.9 Å². The summed E-state index contributed by atoms with van der Waals surface area (Å²) in [5.74, 6) is 0.571. The first-order valence-corrected chi connectivity index (χ1v) is 9.03. The molecule has 1 aromatic carbocycles. The number of rotatable bonds is 4. The quantitative estimate of drug-likeness (QED) is 0.854. The van der Waals surface area contributed by atoms with E-state index in [1.807, 2.05) is 6.92 Å². The highest BCUT2D eigenvalue weighted by Crippen LogP contribution is 2.29. The van der Waals surface area contributed by atoms with Gasteiger partial charge in [-0.25, -0.2) is 12.8 Å². The van der Waals surface area contributed by atoms with E-state index >= 15 is 0 Å². The number of sulfonamides is 1. The highest BCUT2D eigenvalue weighted by Gasteiger charge is 2.32. The second-order valence-corrected chi connectivity index (χ2v) is 7.49. The molecule has 3 rings (SSSR count). The van der Waals surface area contributed by atoms with Crippen molar-refractivity contribution < 1.29 is 17.3 Å². The van der Waals surface area contributed by atoms with Gasteiger partial charge in [0.1, 0.15) is 5.82 Å². The van der Waals surface area contributed by atoms with Gasteiger partial charge in [0.15, 0.2) is 5.82 Å². The van der Waals surface area contributed by atoms with Crippen LogP contribution < -0.4 is 0 Å². The zero-order chi connectivity index (χ0) is 16.4. The Morgan fingerprint density at radius 2 is 2.09 bits per heavy atom. The maximum absolute atomic E-state index is 13.0. The summed E-state index contributed by atoms with van der Waals surface area (Å²) in [6.07, 6.45) is 2.19. The van der Waals surface area contributed by atoms with Crippen molar-refractivity contribution in [2.24, 2.45) is 0 Å². The van der Waals surface area contributed by atoms with Gasteiger partial charge in [-0.3, -0.25) is 0 Å². The molecule has 8 heteroatoms. The minimum absolute atomic E-state index is 0.0805. The third-order valence-electron chi connectivity index (χ3n) is 3.99. The monoisotopic (exact) mass is 339 g/mol. The molecule has 124 valence electrons. The highest BCUT2D eigenvalue weighted by molar-refractivity contribution is 7.89. The first kappa shape index (κ1) is 16.1. The zero-order valence-corrected chi connectivity index (χ0v) is 13.6. The fourth-order valence-corrected chi connectivity index (χ4v) is 4.23. The number of hydrogen-bond donors (Lipinski definition) is 0. The maximum Gasteiger partial charge on any atom is 0.243 e. The van der Waals surface area contributed by atoms with Crippen LogP contribution in [0.3, 0.4) is 0 Å². The Bertz CT molecular complexity index is 774. The molecule has 0 bridgehead atoms. The Morgan fingerprint density at radius 1 is 1.35 bits per heavy atom. The fraction of sp³-hybridized carbons (Fsp3) is 0.467. The van der Waals surface area contributed by atoms with Gasteiger partial charge in [-0.05, 0) is 37.1 Å². The van der Waals surface area contributed by atoms with E-state index in [1.54, 1.807) is 0 Å². The van der Waals surface area contributed by atoms with Crippen molar-refractivity contribution in [3.05, 3.63) is 41.8 Å². The molecule has 1 fully saturated rings. The average molecular weight is 339 g/mol. The van der Waals surface area contributed by atoms with E-state index in [0.717, 1.165) is 25.0 Å². The van der Waals surface area contributed by atoms with Crippen LogP contribution >= 0.6 is 0 Å². The number of aryl methyl sites for hydroxylation is 1. The average Bonchev–Trinajstić information content (AvgIpc) is 3.04. The fourth-order valence-electron chi connectivity index (χ4n) is 2.70. The summed E-state index contributed by atoms with van der Waals surface area (Å²) in [5, 5.41) is 3.95. The molecule has 0 radical (unpaired) electrons. The van der Waals surface area contributed by atoms with Gasteiger partial charge in [-0.2, -0.15) is 9.29 Å². The molecule has 1 saturated heterocycles. The van der Waals surface area contributed by atoms with E-state index in [2.05, 4.69) is 10.1 Å². The van der Waals surface area contributed by atoms with E-state index < -0.39 is 15.8 Å². The van der Waals surface area contributed by atoms with Crippen molar-refractivity contribution in [1.82, 2.24) is 14.4 Å². The lowest BCUT2D eigenvalue weighted by atomic mass is 9.99. The SMILES string of the molecule is CCc1nc([C@H]2CCCN(S(=O)(=O)c3ccc(F)cc3)C2)no1. The summed E-state index contributed by atoms with van der Waals surface area (Å²) >= 11 is 0. The third-order valence-corrected chi connectivity index (χ3v) is 5.87. The van der Waals surface area contributed by atoms with Gasteiger partial charge in [0, 0.05) is 25.4 Å². The highest BCUT2D eigenvalue weighted by atomic mass is 32.2. The van der Waals surface area contributed by atoms with Gasteiger partial charge in [0.25, 0.3) is 0 Å². The van der Waals surface area contributed by atoms with E-state index in [-0.39, 0.29) is 10.8 Å². The van der Waals surface area contributed by atoms with Crippen LogP contribution in [-0.2, 0) is 16.4 Å². The summed E-state index contributed by atoms with van der Waals surface area (Å²) < 4.78 is 44.9. The van der Waals surface area contributed by atoms with Crippen molar-refractivity contribution in [3.63, 3.8) is 0 Å². The van der Waals surface area contributed by atoms with Crippen LogP contribution in [0, 0.1) is 5.82 Å². The minimum Gasteiger partial charge on any atom is -0.339 e. The van der Waals surface area contributed by atoms with Crippen molar-refractivity contribution in [1.29, 1.82) is 0 Å². The Morgan fingerprint density at radius 3 is 2.74 bits per heavy atom. The molecule has 6 nitrogen and oxygen atoms in total. The molecule has 0 aliphatic carbocycles. The molecular formula is C15H18FN3O3S. The van der Waals surface area contributed by atoms with E-state index in [4.69, 9.17) is 4.52 Å². The number of piperidine rings is 1. The Balaban J connectivity index is 1.81. The van der Waals surface area contributed by atoms with E-state index in [1.165, 1.54) is 16.4 Å². The van der Waals surface area contributed by atoms with Crippen LogP contribution in [0.5, 0.6) is 0 Å². The van der Waals surface area contributed by atoms with Crippen LogP contribution in [0.2, 0.25) is 0 Å². The Hall–Kier alpha value is -1.80. The normalized spacial score (nSPS) is 19.8. The molecule has 1 aromatic heterocycles. The lowest BCUT2D eigenvalue weighted by Crippen LogP contribution is -2.39. The van der Waals surface area contributed by atoms with Crippen LogP contribution in [-0.4, -0.2) is 36.0 Å². The summed E-state index contributed by atoms with van der Waals surface area (Å²) in [6, 6.07) is 4.89. The Labute approximate surface area is 134 Å². The summed E-state index contributed by atoms with van der Waals surface area (Å²) in [4.78, 5) is 4.40. The largest absolute Gasteiger partial charge is 0.339 e. The lowest BCUT2D eigenvalue weighted by Gasteiger charge is -2.30. The van der Waals surface area contributed by atoms with Gasteiger partial charge >= 0.3 is 0 Å². The summed E-state index contributed by atoms with van der Waals surface area (Å²) in [6.45, 7) is 2.67. The van der Waals surface area contributed by atoms with Crippen LogP contribution in [0.15, 0.2) is 33.7 Å². The second-order valence-electron chi connectivity index (χ2n) is 5.56. The van der Waals surface area contributed by atoms with Crippen LogP contribution in [0.4, 0.5) is 4.39 Å². The molecule has 23 heavy (non-hydrogen) atoms. The van der Waals surface area contributed by atoms with Crippen molar-refractivity contribution >= 4 is 10.0 Å². The number of benzene rings is 1. The van der Waals surface area contributed by atoms with E-state index in [9.17, 15) is 12.8 Å². The lowest BCUT2D eigenvalue weighted by molar-refractivity contribution is 0.300. The molecule has 2 heterocycles. The summed E-state index contributed by atoms with van der Waals surface area (Å²) in [7, 11) is -3.64. The van der Waals surface area contributed by atoms with Gasteiger partial charge in [0.05, 0.1) is 4.90 Å². The van der Waals surface area contributed by atoms with Gasteiger partial charge in [-0.1, -0.05) is 12.1 Å². The second kappa shape index (κ2) is 6.37. The maximum atomic E-state index is 13.0. The number of nitrogens with zero attached hydrogens (tertiary/aromatic N) is 3. The van der Waals surface area contributed by atoms with Crippen molar-refractivity contribution in [3.8, 4) is 0 Å². The zero-order valence-electron chi connectivity index (χ0n) is 12.8. The molecule has 1 atom stereocenters. The standard InChI is InChI=1S/C15H18FN3O3S/c1-2-14-17-15(18-22-14)11-4-3-9-19(10-11)23(20,21)13-7-5-12(16)6-8-13/h5-8,11H,2-4,9-10H2,1H3/t11-/m0/s1. The first-order valence-electron chi connectivity index (χ1n) is 7.59. The van der Waals surface area contributed by atoms with Crippen molar-refractivity contribution in [2.75, 3.05) is 13.1 Å². The Kier molecular flexibility index (Phi) is 4.45. The number of halogens is 1. The molecule has 0 spiro atoms. The predicted molar refractivity (Wildman–Crippen MR) is 80.8 cm³/mol. The van der Waals surface area contributed by atoms with Crippen LogP contribution in [0.25, 0.3) is 0 Å². The molecule has 0 unspecified atom stereocenters. The topological polar surface area (TPSA) is 76.3 Å². The van der Waals surface area contributed by atoms with Gasteiger partial charge in [-0.15, -0.1) is 0 Å². The molecule has 0 N–H and O–H groups in total. The predicted octanol–water partition coefficient (Wildman–Crippen LogP) is 2.34. The minimum atomic E-state index is -3.64. The molecular weight excluding hydrogens is 321 g/mol. The summed E-state index contributed by atoms with van der Waals surface area (Å²) in [5.41, 5.74) is 0. The molecule has 2 aromatic rings. The van der Waals surface area contributed by atoms with Crippen LogP contribution in [0.1, 0.15) is 37.4 Å². The molecule has 1 aliphatic heterocycles. The molecule has 0 saturated carbocycles. The van der Waals surface area contributed by atoms with Crippen molar-refractivity contribution in [2.45, 2.75) is 37.0 Å².